The second-order valence-electron chi connectivity index (χ2n) is 4.14. The largest absolute Gasteiger partial charge is 0.496 e. The summed E-state index contributed by atoms with van der Waals surface area (Å²) in [6.45, 7) is -0.435. The molecule has 0 spiro atoms. The van der Waals surface area contributed by atoms with Crippen molar-refractivity contribution in [3.05, 3.63) is 33.4 Å². The van der Waals surface area contributed by atoms with Gasteiger partial charge in [-0.15, -0.1) is 0 Å². The SMILES string of the molecule is COC(=O)CCCc1cc([N+](=O)[O-])c(CO)cc1OC. The Morgan fingerprint density at radius 3 is 2.55 bits per heavy atom. The average Bonchev–Trinajstić information content (AvgIpc) is 2.46. The highest BCUT2D eigenvalue weighted by molar-refractivity contribution is 5.69. The summed E-state index contributed by atoms with van der Waals surface area (Å²) < 4.78 is 9.69. The van der Waals surface area contributed by atoms with E-state index in [0.29, 0.717) is 24.2 Å². The van der Waals surface area contributed by atoms with Crippen LogP contribution < -0.4 is 4.74 Å². The Balaban J connectivity index is 2.96. The number of rotatable bonds is 7. The lowest BCUT2D eigenvalue weighted by Gasteiger charge is -2.10. The summed E-state index contributed by atoms with van der Waals surface area (Å²) in [5, 5.41) is 20.1. The molecule has 0 fully saturated rings. The number of benzene rings is 1. The first kappa shape index (κ1) is 15.9. The molecule has 0 heterocycles. The zero-order valence-electron chi connectivity index (χ0n) is 11.4. The lowest BCUT2D eigenvalue weighted by atomic mass is 10.0. The lowest BCUT2D eigenvalue weighted by Crippen LogP contribution is -2.03. The number of carbonyl (C=O) groups is 1. The van der Waals surface area contributed by atoms with Crippen LogP contribution in [-0.2, 0) is 22.6 Å². The lowest BCUT2D eigenvalue weighted by molar-refractivity contribution is -0.385. The van der Waals surface area contributed by atoms with E-state index in [1.165, 1.54) is 26.4 Å². The van der Waals surface area contributed by atoms with Crippen LogP contribution in [0.4, 0.5) is 5.69 Å². The van der Waals surface area contributed by atoms with E-state index in [1.807, 2.05) is 0 Å². The molecule has 0 saturated heterocycles. The third-order valence-electron chi connectivity index (χ3n) is 2.90. The number of esters is 1. The fourth-order valence-electron chi connectivity index (χ4n) is 1.86. The van der Waals surface area contributed by atoms with Crippen LogP contribution in [0.25, 0.3) is 0 Å². The molecular formula is C13H17NO6. The third-order valence-corrected chi connectivity index (χ3v) is 2.90. The molecule has 0 radical (unpaired) electrons. The van der Waals surface area contributed by atoms with E-state index in [1.54, 1.807) is 0 Å². The normalized spacial score (nSPS) is 10.2. The minimum absolute atomic E-state index is 0.152. The topological polar surface area (TPSA) is 98.9 Å². The van der Waals surface area contributed by atoms with Crippen molar-refractivity contribution in [3.8, 4) is 5.75 Å². The second kappa shape index (κ2) is 7.44. The van der Waals surface area contributed by atoms with Gasteiger partial charge in [0.2, 0.25) is 0 Å². The maximum Gasteiger partial charge on any atom is 0.305 e. The molecule has 7 nitrogen and oxygen atoms in total. The quantitative estimate of drug-likeness (QED) is 0.463. The molecule has 0 aliphatic rings. The van der Waals surface area contributed by atoms with Gasteiger partial charge in [0, 0.05) is 18.1 Å². The summed E-state index contributed by atoms with van der Waals surface area (Å²) in [7, 11) is 2.76. The van der Waals surface area contributed by atoms with Crippen molar-refractivity contribution in [1.82, 2.24) is 0 Å². The van der Waals surface area contributed by atoms with E-state index < -0.39 is 11.5 Å². The molecule has 0 aliphatic carbocycles. The molecule has 1 aromatic rings. The number of carbonyl (C=O) groups excluding carboxylic acids is 1. The van der Waals surface area contributed by atoms with Crippen molar-refractivity contribution in [1.29, 1.82) is 0 Å². The summed E-state index contributed by atoms with van der Waals surface area (Å²) in [6, 6.07) is 2.83. The standard InChI is InChI=1S/C13H17NO6/c1-19-12-7-10(8-15)11(14(17)18)6-9(12)4-3-5-13(16)20-2/h6-7,15H,3-5,8H2,1-2H3. The fourth-order valence-corrected chi connectivity index (χ4v) is 1.86. The van der Waals surface area contributed by atoms with Crippen LogP contribution in [-0.4, -0.2) is 30.2 Å². The van der Waals surface area contributed by atoms with Crippen molar-refractivity contribution < 1.29 is 24.3 Å². The average molecular weight is 283 g/mol. The minimum atomic E-state index is -0.547. The van der Waals surface area contributed by atoms with Gasteiger partial charge in [-0.3, -0.25) is 14.9 Å². The number of nitro benzene ring substituents is 1. The van der Waals surface area contributed by atoms with Crippen molar-refractivity contribution in [3.63, 3.8) is 0 Å². The van der Waals surface area contributed by atoms with Crippen LogP contribution in [0.2, 0.25) is 0 Å². The summed E-state index contributed by atoms with van der Waals surface area (Å²) in [4.78, 5) is 21.4. The molecule has 7 heteroatoms. The van der Waals surface area contributed by atoms with Gasteiger partial charge in [-0.05, 0) is 18.9 Å². The smallest absolute Gasteiger partial charge is 0.305 e. The van der Waals surface area contributed by atoms with E-state index in [2.05, 4.69) is 4.74 Å². The van der Waals surface area contributed by atoms with Gasteiger partial charge >= 0.3 is 5.97 Å². The Morgan fingerprint density at radius 2 is 2.05 bits per heavy atom. The Labute approximate surface area is 116 Å². The van der Waals surface area contributed by atoms with Crippen LogP contribution in [0.3, 0.4) is 0 Å². The van der Waals surface area contributed by atoms with Gasteiger partial charge < -0.3 is 14.6 Å². The van der Waals surface area contributed by atoms with E-state index >= 15 is 0 Å². The van der Waals surface area contributed by atoms with E-state index in [0.717, 1.165) is 0 Å². The fraction of sp³-hybridized carbons (Fsp3) is 0.462. The summed E-state index contributed by atoms with van der Waals surface area (Å²) >= 11 is 0. The van der Waals surface area contributed by atoms with Crippen molar-refractivity contribution in [2.75, 3.05) is 14.2 Å². The maximum absolute atomic E-state index is 11.0. The second-order valence-corrected chi connectivity index (χ2v) is 4.14. The molecule has 20 heavy (non-hydrogen) atoms. The Kier molecular flexibility index (Phi) is 5.92. The number of ether oxygens (including phenoxy) is 2. The first-order valence-electron chi connectivity index (χ1n) is 6.05. The predicted octanol–water partition coefficient (Wildman–Crippen LogP) is 1.59. The molecule has 0 aliphatic heterocycles. The molecule has 0 aromatic heterocycles. The van der Waals surface area contributed by atoms with E-state index in [-0.39, 0.29) is 23.6 Å². The van der Waals surface area contributed by atoms with Crippen LogP contribution in [0.15, 0.2) is 12.1 Å². The van der Waals surface area contributed by atoms with Crippen LogP contribution in [0.1, 0.15) is 24.0 Å². The monoisotopic (exact) mass is 283 g/mol. The molecule has 1 aromatic carbocycles. The zero-order chi connectivity index (χ0) is 15.1. The number of aliphatic hydroxyl groups is 1. The molecule has 110 valence electrons. The summed E-state index contributed by atoms with van der Waals surface area (Å²) in [5.74, 6) is 0.134. The highest BCUT2D eigenvalue weighted by Crippen LogP contribution is 2.30. The number of nitrogens with zero attached hydrogens (tertiary/aromatic N) is 1. The molecular weight excluding hydrogens is 266 g/mol. The van der Waals surface area contributed by atoms with E-state index in [4.69, 9.17) is 9.84 Å². The predicted molar refractivity (Wildman–Crippen MR) is 70.5 cm³/mol. The van der Waals surface area contributed by atoms with Crippen molar-refractivity contribution in [2.24, 2.45) is 0 Å². The van der Waals surface area contributed by atoms with Crippen LogP contribution >= 0.6 is 0 Å². The van der Waals surface area contributed by atoms with Crippen LogP contribution in [0.5, 0.6) is 5.75 Å². The van der Waals surface area contributed by atoms with Crippen molar-refractivity contribution >= 4 is 11.7 Å². The number of hydrogen-bond donors (Lipinski definition) is 1. The summed E-state index contributed by atoms with van der Waals surface area (Å²) in [5.41, 5.74) is 0.672. The zero-order valence-corrected chi connectivity index (χ0v) is 11.4. The number of methoxy groups -OCH3 is 2. The highest BCUT2D eigenvalue weighted by Gasteiger charge is 2.18. The number of aryl methyl sites for hydroxylation is 1. The minimum Gasteiger partial charge on any atom is -0.496 e. The van der Waals surface area contributed by atoms with Gasteiger partial charge in [0.05, 0.1) is 31.3 Å². The van der Waals surface area contributed by atoms with Gasteiger partial charge in [0.25, 0.3) is 5.69 Å². The summed E-state index contributed by atoms with van der Waals surface area (Å²) in [6.07, 6.45) is 1.18. The van der Waals surface area contributed by atoms with Crippen molar-refractivity contribution in [2.45, 2.75) is 25.9 Å². The molecule has 0 atom stereocenters. The number of aliphatic hydroxyl groups excluding tert-OH is 1. The van der Waals surface area contributed by atoms with Gasteiger partial charge in [-0.25, -0.2) is 0 Å². The molecule has 0 unspecified atom stereocenters. The number of hydrogen-bond acceptors (Lipinski definition) is 6. The number of nitro groups is 1. The Bertz CT molecular complexity index is 500. The van der Waals surface area contributed by atoms with Gasteiger partial charge in [-0.1, -0.05) is 0 Å². The molecule has 0 saturated carbocycles. The first-order valence-corrected chi connectivity index (χ1v) is 6.05. The molecule has 1 rings (SSSR count). The van der Waals surface area contributed by atoms with Crippen LogP contribution in [0, 0.1) is 10.1 Å². The van der Waals surface area contributed by atoms with Gasteiger partial charge in [0.15, 0.2) is 0 Å². The first-order chi connectivity index (χ1) is 9.53. The Morgan fingerprint density at radius 1 is 1.35 bits per heavy atom. The maximum atomic E-state index is 11.0. The highest BCUT2D eigenvalue weighted by atomic mass is 16.6. The molecule has 1 N–H and O–H groups in total. The molecule has 0 bridgehead atoms. The van der Waals surface area contributed by atoms with E-state index in [9.17, 15) is 14.9 Å². The Hall–Kier alpha value is -2.15. The third kappa shape index (κ3) is 3.92. The van der Waals surface area contributed by atoms with Gasteiger partial charge in [0.1, 0.15) is 5.75 Å². The molecule has 0 amide bonds. The van der Waals surface area contributed by atoms with Gasteiger partial charge in [-0.2, -0.15) is 0 Å².